The van der Waals surface area contributed by atoms with E-state index in [9.17, 15) is 9.59 Å². The first-order valence-corrected chi connectivity index (χ1v) is 10.7. The zero-order valence-electron chi connectivity index (χ0n) is 17.4. The highest BCUT2D eigenvalue weighted by Crippen LogP contribution is 2.31. The van der Waals surface area contributed by atoms with Crippen molar-refractivity contribution < 1.29 is 19.4 Å². The topological polar surface area (TPSA) is 103 Å². The molecule has 2 aromatic rings. The number of likely N-dealkylation sites (tertiary alicyclic amines) is 1. The molecule has 162 valence electrons. The van der Waals surface area contributed by atoms with Crippen LogP contribution in [0.5, 0.6) is 5.75 Å². The van der Waals surface area contributed by atoms with Crippen molar-refractivity contribution in [2.75, 3.05) is 25.0 Å². The molecule has 1 saturated heterocycles. The second-order valence-corrected chi connectivity index (χ2v) is 8.23. The number of amides is 1. The van der Waals surface area contributed by atoms with Crippen LogP contribution in [0.3, 0.4) is 0 Å². The van der Waals surface area contributed by atoms with Gasteiger partial charge in [-0.1, -0.05) is 12.1 Å². The normalized spacial score (nSPS) is 17.9. The Bertz CT molecular complexity index is 981. The summed E-state index contributed by atoms with van der Waals surface area (Å²) in [5.41, 5.74) is 2.89. The summed E-state index contributed by atoms with van der Waals surface area (Å²) in [5, 5.41) is 20.3. The number of piperidine rings is 1. The third kappa shape index (κ3) is 5.05. The molecule has 0 aromatic heterocycles. The molecule has 0 spiro atoms. The average Bonchev–Trinajstić information content (AvgIpc) is 2.78. The van der Waals surface area contributed by atoms with Crippen molar-refractivity contribution in [1.82, 2.24) is 4.90 Å². The van der Waals surface area contributed by atoms with E-state index in [1.807, 2.05) is 24.3 Å². The Labute approximate surface area is 181 Å². The number of nitrogens with zero attached hydrogens (tertiary/aromatic N) is 1. The number of carboxylic acid groups (broad SMARTS) is 1. The zero-order valence-corrected chi connectivity index (χ0v) is 17.4. The van der Waals surface area contributed by atoms with Gasteiger partial charge in [-0.3, -0.25) is 15.0 Å². The van der Waals surface area contributed by atoms with Crippen molar-refractivity contribution in [2.24, 2.45) is 5.92 Å². The molecule has 2 heterocycles. The molecule has 1 fully saturated rings. The summed E-state index contributed by atoms with van der Waals surface area (Å²) in [5.74, 6) is 0.115. The molecule has 1 atom stereocenters. The first-order valence-electron chi connectivity index (χ1n) is 10.7. The Morgan fingerprint density at radius 3 is 2.48 bits per heavy atom. The lowest BCUT2D eigenvalue weighted by Gasteiger charge is -2.29. The lowest BCUT2D eigenvalue weighted by atomic mass is 9.94. The van der Waals surface area contributed by atoms with Gasteiger partial charge < -0.3 is 20.1 Å². The fourth-order valence-corrected chi connectivity index (χ4v) is 4.20. The quantitative estimate of drug-likeness (QED) is 0.504. The van der Waals surface area contributed by atoms with Gasteiger partial charge in [-0.05, 0) is 61.6 Å². The average molecular weight is 421 g/mol. The van der Waals surface area contributed by atoms with Crippen LogP contribution < -0.4 is 10.1 Å². The van der Waals surface area contributed by atoms with Crippen LogP contribution in [0.25, 0.3) is 0 Å². The lowest BCUT2D eigenvalue weighted by molar-refractivity contribution is -0.138. The van der Waals surface area contributed by atoms with Crippen molar-refractivity contribution in [2.45, 2.75) is 32.1 Å². The van der Waals surface area contributed by atoms with Gasteiger partial charge in [0.15, 0.2) is 0 Å². The molecular weight excluding hydrogens is 394 g/mol. The van der Waals surface area contributed by atoms with Gasteiger partial charge in [0, 0.05) is 35.8 Å². The number of amidine groups is 1. The highest BCUT2D eigenvalue weighted by Gasteiger charge is 2.23. The molecule has 7 nitrogen and oxygen atoms in total. The van der Waals surface area contributed by atoms with E-state index in [4.69, 9.17) is 15.3 Å². The zero-order chi connectivity index (χ0) is 21.8. The Balaban J connectivity index is 1.40. The van der Waals surface area contributed by atoms with Gasteiger partial charge in [0.1, 0.15) is 11.6 Å². The van der Waals surface area contributed by atoms with E-state index in [1.54, 1.807) is 18.2 Å². The standard InChI is InChI=1S/C24H27N3O4/c25-23(27-10-2-1-3-11-27)17-4-6-18(7-5-17)24(30)26-20-8-9-21-19(14-20)12-16(15-31-21)13-22(28)29/h4-9,14,16,25H,1-3,10-13,15H2,(H,26,30)(H,28,29). The predicted octanol–water partition coefficient (Wildman–Crippen LogP) is 3.78. The van der Waals surface area contributed by atoms with Crippen molar-refractivity contribution in [3.05, 3.63) is 59.2 Å². The highest BCUT2D eigenvalue weighted by molar-refractivity contribution is 6.05. The minimum atomic E-state index is -0.835. The number of benzene rings is 2. The van der Waals surface area contributed by atoms with Gasteiger partial charge >= 0.3 is 5.97 Å². The molecule has 1 amide bonds. The smallest absolute Gasteiger partial charge is 0.303 e. The molecule has 4 rings (SSSR count). The van der Waals surface area contributed by atoms with Crippen molar-refractivity contribution >= 4 is 23.4 Å². The Morgan fingerprint density at radius 2 is 1.77 bits per heavy atom. The van der Waals surface area contributed by atoms with Crippen LogP contribution in [0.2, 0.25) is 0 Å². The second kappa shape index (κ2) is 9.20. The SMILES string of the molecule is N=C(c1ccc(C(=O)Nc2ccc3c(c2)CC(CC(=O)O)CO3)cc1)N1CCCCC1. The predicted molar refractivity (Wildman–Crippen MR) is 118 cm³/mol. The van der Waals surface area contributed by atoms with E-state index in [1.165, 1.54) is 6.42 Å². The summed E-state index contributed by atoms with van der Waals surface area (Å²) in [6.07, 6.45) is 4.13. The van der Waals surface area contributed by atoms with E-state index in [0.717, 1.165) is 42.8 Å². The molecule has 0 aliphatic carbocycles. The molecular formula is C24H27N3O4. The molecule has 2 aliphatic heterocycles. The third-order valence-corrected chi connectivity index (χ3v) is 5.86. The number of fused-ring (bicyclic) bond motifs is 1. The number of rotatable bonds is 5. The van der Waals surface area contributed by atoms with Gasteiger partial charge in [-0.2, -0.15) is 0 Å². The molecule has 2 aliphatic rings. The van der Waals surface area contributed by atoms with Crippen LogP contribution in [0.1, 0.15) is 47.2 Å². The van der Waals surface area contributed by atoms with Crippen molar-refractivity contribution in [1.29, 1.82) is 5.41 Å². The number of nitrogens with one attached hydrogen (secondary N) is 2. The molecule has 1 unspecified atom stereocenters. The molecule has 2 aromatic carbocycles. The van der Waals surface area contributed by atoms with Crippen LogP contribution in [0.15, 0.2) is 42.5 Å². The van der Waals surface area contributed by atoms with Gasteiger partial charge in [-0.15, -0.1) is 0 Å². The highest BCUT2D eigenvalue weighted by atomic mass is 16.5. The molecule has 0 radical (unpaired) electrons. The maximum Gasteiger partial charge on any atom is 0.303 e. The molecule has 7 heteroatoms. The number of hydrogen-bond acceptors (Lipinski definition) is 4. The number of anilines is 1. The Hall–Kier alpha value is -3.35. The van der Waals surface area contributed by atoms with Crippen LogP contribution in [0, 0.1) is 11.3 Å². The van der Waals surface area contributed by atoms with Crippen molar-refractivity contribution in [3.8, 4) is 5.75 Å². The molecule has 3 N–H and O–H groups in total. The molecule has 0 saturated carbocycles. The minimum absolute atomic E-state index is 0.0643. The van der Waals surface area contributed by atoms with Crippen LogP contribution in [-0.2, 0) is 11.2 Å². The lowest BCUT2D eigenvalue weighted by Crippen LogP contribution is -2.35. The van der Waals surface area contributed by atoms with Gasteiger partial charge in [0.05, 0.1) is 13.0 Å². The van der Waals surface area contributed by atoms with E-state index in [-0.39, 0.29) is 18.2 Å². The summed E-state index contributed by atoms with van der Waals surface area (Å²) < 4.78 is 5.67. The number of carbonyl (C=O) groups excluding carboxylic acids is 1. The fourth-order valence-electron chi connectivity index (χ4n) is 4.20. The van der Waals surface area contributed by atoms with E-state index in [2.05, 4.69) is 10.2 Å². The first kappa shape index (κ1) is 20.9. The molecule has 31 heavy (non-hydrogen) atoms. The summed E-state index contributed by atoms with van der Waals surface area (Å²) in [6.45, 7) is 2.22. The van der Waals surface area contributed by atoms with Gasteiger partial charge in [-0.25, -0.2) is 0 Å². The maximum absolute atomic E-state index is 12.7. The Kier molecular flexibility index (Phi) is 6.21. The largest absolute Gasteiger partial charge is 0.493 e. The number of ether oxygens (including phenoxy) is 1. The monoisotopic (exact) mass is 421 g/mol. The Morgan fingerprint density at radius 1 is 1.06 bits per heavy atom. The van der Waals surface area contributed by atoms with Gasteiger partial charge in [0.2, 0.25) is 0 Å². The van der Waals surface area contributed by atoms with Crippen LogP contribution in [0.4, 0.5) is 5.69 Å². The van der Waals surface area contributed by atoms with E-state index < -0.39 is 5.97 Å². The molecule has 0 bridgehead atoms. The first-order chi connectivity index (χ1) is 15.0. The maximum atomic E-state index is 12.7. The van der Waals surface area contributed by atoms with Crippen LogP contribution in [-0.4, -0.2) is 47.4 Å². The number of carboxylic acids is 1. The van der Waals surface area contributed by atoms with Crippen molar-refractivity contribution in [3.63, 3.8) is 0 Å². The summed E-state index contributed by atoms with van der Waals surface area (Å²) >= 11 is 0. The van der Waals surface area contributed by atoms with Crippen LogP contribution >= 0.6 is 0 Å². The number of hydrogen-bond donors (Lipinski definition) is 3. The number of carbonyl (C=O) groups is 2. The third-order valence-electron chi connectivity index (χ3n) is 5.86. The van der Waals surface area contributed by atoms with E-state index >= 15 is 0 Å². The fraction of sp³-hybridized carbons (Fsp3) is 0.375. The summed E-state index contributed by atoms with van der Waals surface area (Å²) in [4.78, 5) is 25.8. The van der Waals surface area contributed by atoms with Gasteiger partial charge in [0.25, 0.3) is 5.91 Å². The second-order valence-electron chi connectivity index (χ2n) is 8.23. The summed E-state index contributed by atoms with van der Waals surface area (Å²) in [6, 6.07) is 12.6. The summed E-state index contributed by atoms with van der Waals surface area (Å²) in [7, 11) is 0. The minimum Gasteiger partial charge on any atom is -0.493 e. The number of aliphatic carboxylic acids is 1. The van der Waals surface area contributed by atoms with E-state index in [0.29, 0.717) is 30.1 Å².